The molecule has 2 fully saturated rings. The van der Waals surface area contributed by atoms with Crippen molar-refractivity contribution in [1.29, 1.82) is 0 Å². The van der Waals surface area contributed by atoms with Crippen LogP contribution in [0.1, 0.15) is 0 Å². The lowest BCUT2D eigenvalue weighted by molar-refractivity contribution is -0.348. The molecule has 2 rings (SSSR count). The third kappa shape index (κ3) is 3.69. The van der Waals surface area contributed by atoms with Crippen molar-refractivity contribution in [2.45, 2.75) is 55.3 Å². The molecular formula is C13H22O11. The zero-order valence-corrected chi connectivity index (χ0v) is 13.1. The molecule has 2 aliphatic rings. The molecule has 0 aromatic heterocycles. The number of methoxy groups -OCH3 is 2. The van der Waals surface area contributed by atoms with E-state index in [-0.39, 0.29) is 6.61 Å². The van der Waals surface area contributed by atoms with Crippen molar-refractivity contribution >= 4 is 5.97 Å². The summed E-state index contributed by atoms with van der Waals surface area (Å²) in [5, 5.41) is 49.3. The molecule has 0 aliphatic carbocycles. The Morgan fingerprint density at radius 1 is 1.00 bits per heavy atom. The average Bonchev–Trinajstić information content (AvgIpc) is 2.57. The SMILES string of the molecule is COC(=O)[C@H]1O[C@H](O[C@@H]2[C@@H](O)[C@H](O)CO[C@H]2O)[C@H](O)[C@@H](O)[C@@H]1OC. The highest BCUT2D eigenvalue weighted by molar-refractivity contribution is 5.75. The Bertz CT molecular complexity index is 432. The number of hydrogen-bond acceptors (Lipinski definition) is 11. The number of carbonyl (C=O) groups is 1. The van der Waals surface area contributed by atoms with Gasteiger partial charge in [0.1, 0.15) is 36.6 Å². The minimum absolute atomic E-state index is 0.310. The molecule has 5 N–H and O–H groups in total. The second kappa shape index (κ2) is 7.99. The van der Waals surface area contributed by atoms with Crippen LogP contribution in [0, 0.1) is 0 Å². The molecule has 2 heterocycles. The third-order valence-corrected chi connectivity index (χ3v) is 3.99. The smallest absolute Gasteiger partial charge is 0.337 e. The standard InChI is InChI=1S/C13H22O11/c1-20-8-6(16)7(17)13(24-10(8)11(18)21-2)23-9-5(15)4(14)3-22-12(9)19/h4-10,12-17,19H,3H2,1-2H3/t4-,5+,6-,7-,8+,9-,10+,12-,13+/m1/s1. The van der Waals surface area contributed by atoms with Crippen molar-refractivity contribution in [1.82, 2.24) is 0 Å². The number of carbonyl (C=O) groups excluding carboxylic acids is 1. The minimum Gasteiger partial charge on any atom is -0.467 e. The van der Waals surface area contributed by atoms with Crippen LogP contribution >= 0.6 is 0 Å². The molecule has 0 saturated carbocycles. The van der Waals surface area contributed by atoms with Gasteiger partial charge in [0.15, 0.2) is 18.7 Å². The van der Waals surface area contributed by atoms with Crippen LogP contribution in [0.5, 0.6) is 0 Å². The van der Waals surface area contributed by atoms with Gasteiger partial charge in [-0.25, -0.2) is 4.79 Å². The summed E-state index contributed by atoms with van der Waals surface area (Å²) >= 11 is 0. The Kier molecular flexibility index (Phi) is 6.47. The van der Waals surface area contributed by atoms with Crippen LogP contribution in [0.3, 0.4) is 0 Å². The van der Waals surface area contributed by atoms with Gasteiger partial charge in [-0.3, -0.25) is 0 Å². The van der Waals surface area contributed by atoms with Gasteiger partial charge in [-0.2, -0.15) is 0 Å². The molecule has 140 valence electrons. The van der Waals surface area contributed by atoms with Crippen LogP contribution in [0.2, 0.25) is 0 Å². The van der Waals surface area contributed by atoms with Crippen LogP contribution in [0.25, 0.3) is 0 Å². The van der Waals surface area contributed by atoms with E-state index in [1.165, 1.54) is 7.11 Å². The topological polar surface area (TPSA) is 164 Å². The number of aliphatic hydroxyl groups excluding tert-OH is 5. The summed E-state index contributed by atoms with van der Waals surface area (Å²) in [4.78, 5) is 11.8. The van der Waals surface area contributed by atoms with Crippen molar-refractivity contribution in [2.75, 3.05) is 20.8 Å². The Hall–Kier alpha value is -0.890. The van der Waals surface area contributed by atoms with Crippen molar-refractivity contribution in [3.8, 4) is 0 Å². The van der Waals surface area contributed by atoms with Crippen molar-refractivity contribution in [3.63, 3.8) is 0 Å². The van der Waals surface area contributed by atoms with E-state index in [4.69, 9.17) is 18.9 Å². The van der Waals surface area contributed by atoms with Crippen LogP contribution in [-0.4, -0.2) is 108 Å². The average molecular weight is 354 g/mol. The molecule has 0 aromatic rings. The van der Waals surface area contributed by atoms with E-state index in [9.17, 15) is 30.3 Å². The van der Waals surface area contributed by atoms with Gasteiger partial charge in [-0.05, 0) is 0 Å². The fourth-order valence-electron chi connectivity index (χ4n) is 2.60. The molecule has 2 saturated heterocycles. The van der Waals surface area contributed by atoms with E-state index < -0.39 is 61.3 Å². The van der Waals surface area contributed by atoms with E-state index in [0.29, 0.717) is 0 Å². The molecule has 11 heteroatoms. The predicted molar refractivity (Wildman–Crippen MR) is 72.3 cm³/mol. The molecule has 0 bridgehead atoms. The second-order valence-electron chi connectivity index (χ2n) is 5.51. The van der Waals surface area contributed by atoms with E-state index in [2.05, 4.69) is 4.74 Å². The van der Waals surface area contributed by atoms with Gasteiger partial charge in [0.2, 0.25) is 0 Å². The first-order valence-electron chi connectivity index (χ1n) is 7.25. The lowest BCUT2D eigenvalue weighted by Gasteiger charge is -2.43. The molecule has 0 aromatic carbocycles. The van der Waals surface area contributed by atoms with Crippen LogP contribution in [0.4, 0.5) is 0 Å². The minimum atomic E-state index is -1.66. The normalized spacial score (nSPS) is 46.5. The van der Waals surface area contributed by atoms with Gasteiger partial charge < -0.3 is 49.2 Å². The van der Waals surface area contributed by atoms with E-state index in [1.54, 1.807) is 0 Å². The van der Waals surface area contributed by atoms with E-state index in [1.807, 2.05) is 0 Å². The third-order valence-electron chi connectivity index (χ3n) is 3.99. The van der Waals surface area contributed by atoms with Gasteiger partial charge in [-0.1, -0.05) is 0 Å². The Labute approximate surface area is 137 Å². The number of esters is 1. The summed E-state index contributed by atoms with van der Waals surface area (Å²) in [7, 11) is 2.31. The first kappa shape index (κ1) is 19.4. The van der Waals surface area contributed by atoms with Crippen LogP contribution in [-0.2, 0) is 28.5 Å². The molecule has 9 atom stereocenters. The first-order valence-corrected chi connectivity index (χ1v) is 7.25. The van der Waals surface area contributed by atoms with Crippen LogP contribution in [0.15, 0.2) is 0 Å². The number of rotatable bonds is 4. The van der Waals surface area contributed by atoms with E-state index >= 15 is 0 Å². The van der Waals surface area contributed by atoms with Gasteiger partial charge in [0.25, 0.3) is 0 Å². The maximum absolute atomic E-state index is 11.8. The highest BCUT2D eigenvalue weighted by atomic mass is 16.7. The maximum atomic E-state index is 11.8. The van der Waals surface area contributed by atoms with Gasteiger partial charge in [0, 0.05) is 7.11 Å². The van der Waals surface area contributed by atoms with Gasteiger partial charge >= 0.3 is 5.97 Å². The predicted octanol–water partition coefficient (Wildman–Crippen LogP) is -3.92. The fraction of sp³-hybridized carbons (Fsp3) is 0.923. The number of aliphatic hydroxyl groups is 5. The number of ether oxygens (including phenoxy) is 5. The van der Waals surface area contributed by atoms with Crippen molar-refractivity contribution in [2.24, 2.45) is 0 Å². The summed E-state index contributed by atoms with van der Waals surface area (Å²) in [6.07, 6.45) is -13.4. The summed E-state index contributed by atoms with van der Waals surface area (Å²) in [6.45, 7) is -0.310. The zero-order valence-electron chi connectivity index (χ0n) is 13.1. The highest BCUT2D eigenvalue weighted by Gasteiger charge is 2.51. The molecule has 0 radical (unpaired) electrons. The Morgan fingerprint density at radius 2 is 1.67 bits per heavy atom. The van der Waals surface area contributed by atoms with Crippen molar-refractivity contribution < 1.29 is 54.0 Å². The van der Waals surface area contributed by atoms with Gasteiger partial charge in [-0.15, -0.1) is 0 Å². The first-order chi connectivity index (χ1) is 11.3. The molecule has 0 unspecified atom stereocenters. The molecular weight excluding hydrogens is 332 g/mol. The second-order valence-corrected chi connectivity index (χ2v) is 5.51. The monoisotopic (exact) mass is 354 g/mol. The van der Waals surface area contributed by atoms with Crippen molar-refractivity contribution in [3.05, 3.63) is 0 Å². The fourth-order valence-corrected chi connectivity index (χ4v) is 2.60. The van der Waals surface area contributed by atoms with E-state index in [0.717, 1.165) is 7.11 Å². The quantitative estimate of drug-likeness (QED) is 0.313. The highest BCUT2D eigenvalue weighted by Crippen LogP contribution is 2.28. The molecule has 0 spiro atoms. The Balaban J connectivity index is 2.15. The summed E-state index contributed by atoms with van der Waals surface area (Å²) in [5.74, 6) is -0.873. The lowest BCUT2D eigenvalue weighted by Crippen LogP contribution is -2.63. The maximum Gasteiger partial charge on any atom is 0.337 e. The summed E-state index contributed by atoms with van der Waals surface area (Å²) in [5.41, 5.74) is 0. The molecule has 0 amide bonds. The molecule has 2 aliphatic heterocycles. The zero-order chi connectivity index (χ0) is 18.0. The van der Waals surface area contributed by atoms with Gasteiger partial charge in [0.05, 0.1) is 13.7 Å². The molecule has 24 heavy (non-hydrogen) atoms. The summed E-state index contributed by atoms with van der Waals surface area (Å²) < 4.78 is 24.8. The Morgan fingerprint density at radius 3 is 2.25 bits per heavy atom. The number of hydrogen-bond donors (Lipinski definition) is 5. The summed E-state index contributed by atoms with van der Waals surface area (Å²) in [6, 6.07) is 0. The molecule has 11 nitrogen and oxygen atoms in total. The lowest BCUT2D eigenvalue weighted by atomic mass is 9.98. The largest absolute Gasteiger partial charge is 0.467 e. The van der Waals surface area contributed by atoms with Crippen LogP contribution < -0.4 is 0 Å².